The van der Waals surface area contributed by atoms with Crippen molar-refractivity contribution in [2.24, 2.45) is 0 Å². The zero-order valence-corrected chi connectivity index (χ0v) is 13.3. The largest absolute Gasteiger partial charge is 0.482 e. The minimum atomic E-state index is -4.53. The van der Waals surface area contributed by atoms with Crippen molar-refractivity contribution in [2.45, 2.75) is 13.1 Å². The van der Waals surface area contributed by atoms with Gasteiger partial charge in [-0.15, -0.1) is 0 Å². The van der Waals surface area contributed by atoms with Gasteiger partial charge < -0.3 is 20.1 Å². The normalized spacial score (nSPS) is 10.7. The van der Waals surface area contributed by atoms with Crippen LogP contribution in [0.3, 0.4) is 0 Å². The van der Waals surface area contributed by atoms with Gasteiger partial charge in [0.1, 0.15) is 5.75 Å². The molecule has 7 nitrogen and oxygen atoms in total. The lowest BCUT2D eigenvalue weighted by molar-refractivity contribution is -0.150. The topological polar surface area (TPSA) is 93.7 Å². The maximum atomic E-state index is 12.5. The number of carbonyl (C=O) groups excluding carboxylic acids is 3. The van der Waals surface area contributed by atoms with E-state index in [9.17, 15) is 27.6 Å². The first kappa shape index (κ1) is 20.3. The molecule has 0 unspecified atom stereocenters. The molecular weight excluding hydrogens is 345 g/mol. The average molecular weight is 362 g/mol. The number of alkyl halides is 3. The Balaban J connectivity index is 2.33. The van der Waals surface area contributed by atoms with E-state index in [1.807, 2.05) is 0 Å². The summed E-state index contributed by atoms with van der Waals surface area (Å²) in [5, 5.41) is 4.68. The van der Waals surface area contributed by atoms with Gasteiger partial charge in [0.2, 0.25) is 5.91 Å². The predicted molar refractivity (Wildman–Crippen MR) is 79.6 cm³/mol. The van der Waals surface area contributed by atoms with Crippen LogP contribution in [0.4, 0.5) is 13.2 Å². The smallest absolute Gasteiger partial charge is 0.416 e. The van der Waals surface area contributed by atoms with E-state index in [0.717, 1.165) is 18.2 Å². The molecule has 0 bridgehead atoms. The minimum Gasteiger partial charge on any atom is -0.482 e. The second-order valence-corrected chi connectivity index (χ2v) is 4.71. The van der Waals surface area contributed by atoms with Gasteiger partial charge >= 0.3 is 12.1 Å². The van der Waals surface area contributed by atoms with Crippen molar-refractivity contribution >= 4 is 17.8 Å². The Bertz CT molecular complexity index is 619. The fraction of sp³-hybridized carbons (Fsp3) is 0.400. The van der Waals surface area contributed by atoms with Crippen molar-refractivity contribution in [1.82, 2.24) is 10.6 Å². The summed E-state index contributed by atoms with van der Waals surface area (Å²) in [5.74, 6) is -2.19. The third kappa shape index (κ3) is 8.04. The molecular formula is C15H17F3N2O5. The molecule has 25 heavy (non-hydrogen) atoms. The molecule has 0 spiro atoms. The van der Waals surface area contributed by atoms with Crippen LogP contribution in [-0.4, -0.2) is 44.1 Å². The number of esters is 1. The molecule has 0 heterocycles. The van der Waals surface area contributed by atoms with Crippen LogP contribution in [0.25, 0.3) is 0 Å². The summed E-state index contributed by atoms with van der Waals surface area (Å²) in [6, 6.07) is 4.00. The number of carbonyl (C=O) groups is 3. The summed E-state index contributed by atoms with van der Waals surface area (Å²) in [5.41, 5.74) is -0.914. The van der Waals surface area contributed by atoms with E-state index in [4.69, 9.17) is 4.74 Å². The van der Waals surface area contributed by atoms with Crippen LogP contribution in [0.15, 0.2) is 24.3 Å². The number of benzene rings is 1. The fourth-order valence-corrected chi connectivity index (χ4v) is 1.58. The first-order chi connectivity index (χ1) is 11.7. The van der Waals surface area contributed by atoms with Crippen LogP contribution < -0.4 is 15.4 Å². The maximum Gasteiger partial charge on any atom is 0.416 e. The van der Waals surface area contributed by atoms with E-state index in [1.165, 1.54) is 6.07 Å². The van der Waals surface area contributed by atoms with Crippen molar-refractivity contribution in [1.29, 1.82) is 0 Å². The number of likely N-dealkylation sites (N-methyl/N-ethyl adjacent to an activating group) is 1. The monoisotopic (exact) mass is 362 g/mol. The molecule has 0 atom stereocenters. The molecule has 1 rings (SSSR count). The van der Waals surface area contributed by atoms with Crippen molar-refractivity contribution < 1.29 is 37.0 Å². The van der Waals surface area contributed by atoms with E-state index in [0.29, 0.717) is 6.54 Å². The standard InChI is InChI=1S/C15H17F3N2O5/c1-2-19-12(21)7-20-13(22)8-25-14(23)9-24-11-5-3-4-10(6-11)15(16,17)18/h3-6H,2,7-9H2,1H3,(H,19,21)(H,20,22). The highest BCUT2D eigenvalue weighted by atomic mass is 19.4. The van der Waals surface area contributed by atoms with Crippen molar-refractivity contribution in [2.75, 3.05) is 26.3 Å². The summed E-state index contributed by atoms with van der Waals surface area (Å²) in [7, 11) is 0. The van der Waals surface area contributed by atoms with Crippen LogP contribution in [-0.2, 0) is 25.3 Å². The van der Waals surface area contributed by atoms with Crippen LogP contribution in [0, 0.1) is 0 Å². The molecule has 0 saturated carbocycles. The molecule has 0 aliphatic carbocycles. The molecule has 138 valence electrons. The van der Waals surface area contributed by atoms with E-state index < -0.39 is 42.7 Å². The maximum absolute atomic E-state index is 12.5. The molecule has 0 aromatic heterocycles. The Hall–Kier alpha value is -2.78. The zero-order chi connectivity index (χ0) is 18.9. The number of halogens is 3. The summed E-state index contributed by atoms with van der Waals surface area (Å²) < 4.78 is 47.1. The van der Waals surface area contributed by atoms with E-state index in [-0.39, 0.29) is 12.3 Å². The van der Waals surface area contributed by atoms with Gasteiger partial charge in [-0.05, 0) is 25.1 Å². The van der Waals surface area contributed by atoms with E-state index >= 15 is 0 Å². The first-order valence-corrected chi connectivity index (χ1v) is 7.21. The lowest BCUT2D eigenvalue weighted by Gasteiger charge is -2.10. The van der Waals surface area contributed by atoms with Gasteiger partial charge in [0.15, 0.2) is 13.2 Å². The highest BCUT2D eigenvalue weighted by molar-refractivity contribution is 5.86. The lowest BCUT2D eigenvalue weighted by Crippen LogP contribution is -2.38. The Morgan fingerprint density at radius 3 is 2.44 bits per heavy atom. The summed E-state index contributed by atoms with van der Waals surface area (Å²) in [6.07, 6.45) is -4.53. The van der Waals surface area contributed by atoms with Gasteiger partial charge in [-0.1, -0.05) is 6.07 Å². The Labute approximate surface area is 141 Å². The third-order valence-corrected chi connectivity index (χ3v) is 2.70. The summed E-state index contributed by atoms with van der Waals surface area (Å²) >= 11 is 0. The van der Waals surface area contributed by atoms with E-state index in [2.05, 4.69) is 15.4 Å². The highest BCUT2D eigenvalue weighted by Gasteiger charge is 2.30. The number of hydrogen-bond acceptors (Lipinski definition) is 5. The van der Waals surface area contributed by atoms with Gasteiger partial charge in [-0.2, -0.15) is 13.2 Å². The molecule has 0 fully saturated rings. The minimum absolute atomic E-state index is 0.160. The van der Waals surface area contributed by atoms with Gasteiger partial charge in [0.25, 0.3) is 5.91 Å². The molecule has 10 heteroatoms. The van der Waals surface area contributed by atoms with Gasteiger partial charge in [-0.3, -0.25) is 9.59 Å². The fourth-order valence-electron chi connectivity index (χ4n) is 1.58. The number of rotatable bonds is 8. The van der Waals surface area contributed by atoms with Gasteiger partial charge in [0.05, 0.1) is 12.1 Å². The van der Waals surface area contributed by atoms with Crippen LogP contribution >= 0.6 is 0 Å². The SMILES string of the molecule is CCNC(=O)CNC(=O)COC(=O)COc1cccc(C(F)(F)F)c1. The van der Waals surface area contributed by atoms with Crippen LogP contribution in [0.1, 0.15) is 12.5 Å². The van der Waals surface area contributed by atoms with Crippen molar-refractivity contribution in [3.05, 3.63) is 29.8 Å². The van der Waals surface area contributed by atoms with Crippen molar-refractivity contribution in [3.63, 3.8) is 0 Å². The molecule has 0 saturated heterocycles. The molecule has 1 aromatic carbocycles. The van der Waals surface area contributed by atoms with Crippen LogP contribution in [0.2, 0.25) is 0 Å². The number of nitrogens with one attached hydrogen (secondary N) is 2. The zero-order valence-electron chi connectivity index (χ0n) is 13.3. The average Bonchev–Trinajstić information content (AvgIpc) is 2.56. The molecule has 0 aliphatic rings. The molecule has 0 radical (unpaired) electrons. The molecule has 2 N–H and O–H groups in total. The van der Waals surface area contributed by atoms with Crippen LogP contribution in [0.5, 0.6) is 5.75 Å². The second kappa shape index (κ2) is 9.50. The molecule has 2 amide bonds. The lowest BCUT2D eigenvalue weighted by atomic mass is 10.2. The summed E-state index contributed by atoms with van der Waals surface area (Å²) in [6.45, 7) is 0.572. The number of hydrogen-bond donors (Lipinski definition) is 2. The van der Waals surface area contributed by atoms with Gasteiger partial charge in [-0.25, -0.2) is 4.79 Å². The Morgan fingerprint density at radius 2 is 1.80 bits per heavy atom. The second-order valence-electron chi connectivity index (χ2n) is 4.71. The summed E-state index contributed by atoms with van der Waals surface area (Å²) in [4.78, 5) is 33.9. The number of amides is 2. The molecule has 1 aromatic rings. The Morgan fingerprint density at radius 1 is 1.08 bits per heavy atom. The Kier molecular flexibility index (Phi) is 7.70. The van der Waals surface area contributed by atoms with E-state index in [1.54, 1.807) is 6.92 Å². The third-order valence-electron chi connectivity index (χ3n) is 2.70. The van der Waals surface area contributed by atoms with Crippen molar-refractivity contribution in [3.8, 4) is 5.75 Å². The highest BCUT2D eigenvalue weighted by Crippen LogP contribution is 2.31. The van der Waals surface area contributed by atoms with Gasteiger partial charge in [0, 0.05) is 6.54 Å². The predicted octanol–water partition coefficient (Wildman–Crippen LogP) is 0.880. The first-order valence-electron chi connectivity index (χ1n) is 7.21. The quantitative estimate of drug-likeness (QED) is 0.670. The number of ether oxygens (including phenoxy) is 2. The molecule has 0 aliphatic heterocycles.